The molecule has 3 rings (SSSR count). The van der Waals surface area contributed by atoms with E-state index in [0.29, 0.717) is 11.7 Å². The van der Waals surface area contributed by atoms with Crippen molar-refractivity contribution in [2.24, 2.45) is 5.92 Å². The Labute approximate surface area is 144 Å². The van der Waals surface area contributed by atoms with Gasteiger partial charge in [0, 0.05) is 25.1 Å². The average molecular weight is 344 g/mol. The van der Waals surface area contributed by atoms with Crippen molar-refractivity contribution in [2.45, 2.75) is 33.1 Å². The largest absolute Gasteiger partial charge is 0.312 e. The Bertz CT molecular complexity index is 741. The minimum atomic E-state index is -0.364. The van der Waals surface area contributed by atoms with Gasteiger partial charge in [0.05, 0.1) is 5.92 Å². The number of carbonyl (C=O) groups excluding carboxylic acids is 2. The highest BCUT2D eigenvalue weighted by atomic mass is 32.1. The molecular weight excluding hydrogens is 324 g/mol. The van der Waals surface area contributed by atoms with Crippen LogP contribution in [-0.2, 0) is 16.0 Å². The lowest BCUT2D eigenvalue weighted by Gasteiger charge is -2.16. The fraction of sp³-hybridized carbons (Fsp3) is 0.412. The fourth-order valence-electron chi connectivity index (χ4n) is 2.68. The number of aromatic nitrogens is 2. The van der Waals surface area contributed by atoms with Gasteiger partial charge in [-0.3, -0.25) is 9.59 Å². The van der Waals surface area contributed by atoms with Gasteiger partial charge < -0.3 is 10.2 Å². The normalized spacial score (nSPS) is 17.3. The van der Waals surface area contributed by atoms with Crippen molar-refractivity contribution in [2.75, 3.05) is 16.8 Å². The van der Waals surface area contributed by atoms with E-state index >= 15 is 0 Å². The molecule has 126 valence electrons. The standard InChI is InChI=1S/C17H20N4O2S/c1-3-4-14-19-20-17(24-14)18-16(23)12-9-15(22)21(10-12)13-7-5-11(2)6-8-13/h5-8,12H,3-4,9-10H2,1-2H3,(H,18,20,23)/t12-/m0/s1. The van der Waals surface area contributed by atoms with Crippen molar-refractivity contribution in [3.63, 3.8) is 0 Å². The van der Waals surface area contributed by atoms with Gasteiger partial charge in [-0.25, -0.2) is 0 Å². The highest BCUT2D eigenvalue weighted by Gasteiger charge is 2.35. The summed E-state index contributed by atoms with van der Waals surface area (Å²) in [5, 5.41) is 12.2. The Morgan fingerprint density at radius 1 is 1.33 bits per heavy atom. The van der Waals surface area contributed by atoms with Crippen LogP contribution in [0.1, 0.15) is 30.3 Å². The van der Waals surface area contributed by atoms with Crippen LogP contribution in [0.2, 0.25) is 0 Å². The van der Waals surface area contributed by atoms with Crippen LogP contribution in [0.3, 0.4) is 0 Å². The van der Waals surface area contributed by atoms with E-state index in [0.717, 1.165) is 29.1 Å². The first-order valence-corrected chi connectivity index (χ1v) is 8.88. The first-order chi connectivity index (χ1) is 11.6. The zero-order valence-corrected chi connectivity index (χ0v) is 14.6. The van der Waals surface area contributed by atoms with Gasteiger partial charge >= 0.3 is 0 Å². The van der Waals surface area contributed by atoms with E-state index in [1.165, 1.54) is 11.3 Å². The number of nitrogens with one attached hydrogen (secondary N) is 1. The van der Waals surface area contributed by atoms with Crippen molar-refractivity contribution in [3.05, 3.63) is 34.8 Å². The van der Waals surface area contributed by atoms with Crippen LogP contribution >= 0.6 is 11.3 Å². The van der Waals surface area contributed by atoms with E-state index in [2.05, 4.69) is 22.4 Å². The molecule has 0 unspecified atom stereocenters. The molecule has 2 heterocycles. The molecule has 6 nitrogen and oxygen atoms in total. The summed E-state index contributed by atoms with van der Waals surface area (Å²) in [6, 6.07) is 7.75. The van der Waals surface area contributed by atoms with E-state index in [1.54, 1.807) is 4.90 Å². The Hall–Kier alpha value is -2.28. The molecule has 1 aromatic carbocycles. The average Bonchev–Trinajstić information content (AvgIpc) is 3.15. The predicted octanol–water partition coefficient (Wildman–Crippen LogP) is 2.79. The number of nitrogens with zero attached hydrogens (tertiary/aromatic N) is 3. The Morgan fingerprint density at radius 2 is 2.08 bits per heavy atom. The molecule has 1 atom stereocenters. The maximum Gasteiger partial charge on any atom is 0.231 e. The number of hydrogen-bond donors (Lipinski definition) is 1. The van der Waals surface area contributed by atoms with Crippen molar-refractivity contribution < 1.29 is 9.59 Å². The lowest BCUT2D eigenvalue weighted by Crippen LogP contribution is -2.28. The number of amides is 2. The minimum absolute atomic E-state index is 0.0251. The van der Waals surface area contributed by atoms with Crippen LogP contribution < -0.4 is 10.2 Å². The number of benzene rings is 1. The molecule has 1 aliphatic heterocycles. The molecule has 0 radical (unpaired) electrons. The predicted molar refractivity (Wildman–Crippen MR) is 94.2 cm³/mol. The molecule has 7 heteroatoms. The third kappa shape index (κ3) is 3.62. The molecule has 24 heavy (non-hydrogen) atoms. The third-order valence-corrected chi connectivity index (χ3v) is 4.90. The van der Waals surface area contributed by atoms with Crippen LogP contribution in [0.5, 0.6) is 0 Å². The first-order valence-electron chi connectivity index (χ1n) is 8.07. The number of hydrogen-bond acceptors (Lipinski definition) is 5. The van der Waals surface area contributed by atoms with Crippen LogP contribution in [0.25, 0.3) is 0 Å². The van der Waals surface area contributed by atoms with Gasteiger partial charge in [0.2, 0.25) is 16.9 Å². The zero-order valence-electron chi connectivity index (χ0n) is 13.8. The highest BCUT2D eigenvalue weighted by molar-refractivity contribution is 7.15. The lowest BCUT2D eigenvalue weighted by atomic mass is 10.1. The van der Waals surface area contributed by atoms with Crippen LogP contribution in [0.15, 0.2) is 24.3 Å². The van der Waals surface area contributed by atoms with E-state index in [4.69, 9.17) is 0 Å². The van der Waals surface area contributed by atoms with Crippen molar-refractivity contribution in [1.29, 1.82) is 0 Å². The van der Waals surface area contributed by atoms with Gasteiger partial charge in [0.25, 0.3) is 0 Å². The zero-order chi connectivity index (χ0) is 17.1. The fourth-order valence-corrected chi connectivity index (χ4v) is 3.53. The molecule has 1 aliphatic rings. The van der Waals surface area contributed by atoms with E-state index in [-0.39, 0.29) is 24.2 Å². The van der Waals surface area contributed by atoms with E-state index in [9.17, 15) is 9.59 Å². The Kier molecular flexibility index (Phi) is 4.89. The smallest absolute Gasteiger partial charge is 0.231 e. The molecule has 0 saturated carbocycles. The molecule has 1 saturated heterocycles. The maximum atomic E-state index is 12.4. The number of aryl methyl sites for hydroxylation is 2. The molecule has 1 fully saturated rings. The summed E-state index contributed by atoms with van der Waals surface area (Å²) in [7, 11) is 0. The summed E-state index contributed by atoms with van der Waals surface area (Å²) in [6.07, 6.45) is 2.07. The van der Waals surface area contributed by atoms with Crippen LogP contribution in [0.4, 0.5) is 10.8 Å². The minimum Gasteiger partial charge on any atom is -0.312 e. The third-order valence-electron chi connectivity index (χ3n) is 4.00. The summed E-state index contributed by atoms with van der Waals surface area (Å²) in [5.74, 6) is -0.558. The summed E-state index contributed by atoms with van der Waals surface area (Å²) in [4.78, 5) is 26.3. The van der Waals surface area contributed by atoms with Gasteiger partial charge in [-0.2, -0.15) is 0 Å². The van der Waals surface area contributed by atoms with Crippen molar-refractivity contribution in [1.82, 2.24) is 10.2 Å². The van der Waals surface area contributed by atoms with Crippen LogP contribution in [0, 0.1) is 12.8 Å². The topological polar surface area (TPSA) is 75.2 Å². The number of rotatable bonds is 5. The van der Waals surface area contributed by atoms with Crippen LogP contribution in [-0.4, -0.2) is 28.6 Å². The molecular formula is C17H20N4O2S. The maximum absolute atomic E-state index is 12.4. The molecule has 0 spiro atoms. The monoisotopic (exact) mass is 344 g/mol. The first kappa shape index (κ1) is 16.6. The molecule has 0 aliphatic carbocycles. The lowest BCUT2D eigenvalue weighted by molar-refractivity contribution is -0.122. The second-order valence-electron chi connectivity index (χ2n) is 5.98. The van der Waals surface area contributed by atoms with Crippen molar-refractivity contribution in [3.8, 4) is 0 Å². The van der Waals surface area contributed by atoms with Crippen molar-refractivity contribution >= 4 is 34.0 Å². The second kappa shape index (κ2) is 7.09. The summed E-state index contributed by atoms with van der Waals surface area (Å²) in [6.45, 7) is 4.47. The summed E-state index contributed by atoms with van der Waals surface area (Å²) < 4.78 is 0. The molecule has 1 N–H and O–H groups in total. The van der Waals surface area contributed by atoms with E-state index < -0.39 is 0 Å². The number of carbonyl (C=O) groups is 2. The summed E-state index contributed by atoms with van der Waals surface area (Å²) in [5.41, 5.74) is 1.97. The van der Waals surface area contributed by atoms with E-state index in [1.807, 2.05) is 31.2 Å². The SMILES string of the molecule is CCCc1nnc(NC(=O)[C@H]2CC(=O)N(c3ccc(C)cc3)C2)s1. The summed E-state index contributed by atoms with van der Waals surface area (Å²) >= 11 is 1.39. The van der Waals surface area contributed by atoms with Gasteiger partial charge in [0.1, 0.15) is 5.01 Å². The Balaban J connectivity index is 1.64. The Morgan fingerprint density at radius 3 is 2.79 bits per heavy atom. The second-order valence-corrected chi connectivity index (χ2v) is 7.04. The molecule has 2 amide bonds. The van der Waals surface area contributed by atoms with Gasteiger partial charge in [-0.15, -0.1) is 10.2 Å². The van der Waals surface area contributed by atoms with Gasteiger partial charge in [-0.1, -0.05) is 36.0 Å². The number of anilines is 2. The highest BCUT2D eigenvalue weighted by Crippen LogP contribution is 2.27. The molecule has 0 bridgehead atoms. The quantitative estimate of drug-likeness (QED) is 0.905. The molecule has 1 aromatic heterocycles. The molecule has 2 aromatic rings. The van der Waals surface area contributed by atoms with Gasteiger partial charge in [-0.05, 0) is 25.5 Å². The van der Waals surface area contributed by atoms with Gasteiger partial charge in [0.15, 0.2) is 0 Å².